The summed E-state index contributed by atoms with van der Waals surface area (Å²) in [5.41, 5.74) is 0. The maximum atomic E-state index is 8.89. The Bertz CT molecular complexity index is 132. The molecule has 0 saturated carbocycles. The van der Waals surface area contributed by atoms with Crippen LogP contribution in [-0.4, -0.2) is 16.4 Å². The van der Waals surface area contributed by atoms with Gasteiger partial charge in [0.2, 0.25) is 0 Å². The largest absolute Gasteiger partial charge is 1.00 e. The molecule has 1 aromatic heterocycles. The number of aliphatic carboxylic acids is 1. The van der Waals surface area contributed by atoms with Crippen LogP contribution in [0.1, 0.15) is 6.92 Å². The van der Waals surface area contributed by atoms with E-state index in [9.17, 15) is 0 Å². The summed E-state index contributed by atoms with van der Waals surface area (Å²) in [7, 11) is 0. The molecule has 0 aliphatic carbocycles. The van der Waals surface area contributed by atoms with Gasteiger partial charge in [0.1, 0.15) is 6.26 Å². The Balaban J connectivity index is -0.000000101. The van der Waals surface area contributed by atoms with Crippen LogP contribution in [0.4, 0.5) is 0 Å². The van der Waals surface area contributed by atoms with Crippen molar-refractivity contribution in [2.75, 3.05) is 0 Å². The third-order valence-electron chi connectivity index (χ3n) is 0.347. The molecule has 0 aliphatic heterocycles. The van der Waals surface area contributed by atoms with Crippen molar-refractivity contribution in [1.29, 1.82) is 0 Å². The Morgan fingerprint density at radius 3 is 2.18 bits per heavy atom. The molecule has 0 spiro atoms. The van der Waals surface area contributed by atoms with Crippen molar-refractivity contribution >= 4 is 5.97 Å². The molecule has 5 nitrogen and oxygen atoms in total. The second-order valence-corrected chi connectivity index (χ2v) is 1.17. The van der Waals surface area contributed by atoms with Gasteiger partial charge in [0.15, 0.2) is 6.39 Å². The first kappa shape index (κ1) is 17.4. The second-order valence-electron chi connectivity index (χ2n) is 1.17. The summed E-state index contributed by atoms with van der Waals surface area (Å²) in [4.78, 5) is 12.4. The minimum Gasteiger partial charge on any atom is -0.550 e. The molecular weight excluding hydrogens is 177 g/mol. The second kappa shape index (κ2) is 12.9. The summed E-state index contributed by atoms with van der Waals surface area (Å²) < 4.78 is 4.47. The molecule has 0 amide bonds. The molecule has 0 fully saturated rings. The summed E-state index contributed by atoms with van der Waals surface area (Å²) in [6.45, 7) is 0.972. The number of hydrogen-bond donors (Lipinski definition) is 0. The molecular formula is C5H8KNO4. The Morgan fingerprint density at radius 2 is 2.09 bits per heavy atom. The Hall–Kier alpha value is 0.276. The zero-order chi connectivity index (χ0) is 7.11. The first-order valence-corrected chi connectivity index (χ1v) is 2.23. The zero-order valence-electron chi connectivity index (χ0n) is 6.40. The van der Waals surface area contributed by atoms with Gasteiger partial charge in [-0.25, -0.2) is 4.98 Å². The molecule has 1 heterocycles. The van der Waals surface area contributed by atoms with E-state index in [1.54, 1.807) is 6.20 Å². The fourth-order valence-corrected chi connectivity index (χ4v) is 0.176. The van der Waals surface area contributed by atoms with E-state index >= 15 is 0 Å². The van der Waals surface area contributed by atoms with Crippen molar-refractivity contribution in [3.63, 3.8) is 0 Å². The summed E-state index contributed by atoms with van der Waals surface area (Å²) in [6.07, 6.45) is 4.47. The van der Waals surface area contributed by atoms with Crippen LogP contribution in [0.25, 0.3) is 0 Å². The van der Waals surface area contributed by atoms with Crippen molar-refractivity contribution in [2.45, 2.75) is 6.92 Å². The molecule has 0 atom stereocenters. The molecule has 6 heteroatoms. The van der Waals surface area contributed by atoms with Gasteiger partial charge < -0.3 is 19.8 Å². The van der Waals surface area contributed by atoms with E-state index in [4.69, 9.17) is 9.90 Å². The number of carboxylic acids is 1. The number of carbonyl (C=O) groups is 1. The van der Waals surface area contributed by atoms with Gasteiger partial charge in [-0.2, -0.15) is 0 Å². The van der Waals surface area contributed by atoms with E-state index in [2.05, 4.69) is 9.40 Å². The van der Waals surface area contributed by atoms with Gasteiger partial charge in [0.05, 0.1) is 6.20 Å². The predicted octanol–water partition coefficient (Wildman–Crippen LogP) is -4.39. The number of rotatable bonds is 0. The molecule has 0 radical (unpaired) electrons. The van der Waals surface area contributed by atoms with Crippen molar-refractivity contribution in [2.24, 2.45) is 0 Å². The van der Waals surface area contributed by atoms with E-state index in [0.717, 1.165) is 6.92 Å². The molecule has 1 rings (SSSR count). The van der Waals surface area contributed by atoms with E-state index in [1.165, 1.54) is 12.7 Å². The molecule has 11 heavy (non-hydrogen) atoms. The van der Waals surface area contributed by atoms with Crippen LogP contribution in [0, 0.1) is 0 Å². The fraction of sp³-hybridized carbons (Fsp3) is 0.200. The number of oxazole rings is 1. The van der Waals surface area contributed by atoms with Crippen molar-refractivity contribution in [3.05, 3.63) is 18.9 Å². The topological polar surface area (TPSA) is 97.7 Å². The maximum Gasteiger partial charge on any atom is 1.00 e. The van der Waals surface area contributed by atoms with Crippen LogP contribution in [0.2, 0.25) is 0 Å². The normalized spacial score (nSPS) is 5.91. The number of hydrogen-bond acceptors (Lipinski definition) is 4. The molecule has 1 aromatic rings. The molecule has 0 aliphatic rings. The van der Waals surface area contributed by atoms with Gasteiger partial charge in [-0.05, 0) is 6.92 Å². The van der Waals surface area contributed by atoms with Gasteiger partial charge >= 0.3 is 51.4 Å². The summed E-state index contributed by atoms with van der Waals surface area (Å²) in [6, 6.07) is 0. The Labute approximate surface area is 107 Å². The SMILES string of the molecule is CC(=O)[O-].O.[K+].c1cocn1. The first-order chi connectivity index (χ1) is 4.23. The van der Waals surface area contributed by atoms with Crippen molar-refractivity contribution in [3.8, 4) is 0 Å². The predicted molar refractivity (Wildman–Crippen MR) is 30.8 cm³/mol. The monoisotopic (exact) mass is 185 g/mol. The number of aromatic nitrogens is 1. The van der Waals surface area contributed by atoms with Crippen LogP contribution >= 0.6 is 0 Å². The quantitative estimate of drug-likeness (QED) is 0.381. The van der Waals surface area contributed by atoms with Crippen LogP contribution in [-0.2, 0) is 4.79 Å². The molecule has 2 N–H and O–H groups in total. The molecule has 0 bridgehead atoms. The standard InChI is InChI=1S/C3H3NO.C2H4O2.K.H2O/c1-2-5-3-4-1;1-2(3)4;;/h1-3H;1H3,(H,3,4);;1H2/q;;+1;/p-1. The maximum absolute atomic E-state index is 8.89. The van der Waals surface area contributed by atoms with Crippen LogP contribution in [0.15, 0.2) is 23.3 Å². The average Bonchev–Trinajstić information content (AvgIpc) is 2.11. The van der Waals surface area contributed by atoms with E-state index in [-0.39, 0.29) is 56.9 Å². The molecule has 0 aromatic carbocycles. The van der Waals surface area contributed by atoms with Crippen LogP contribution < -0.4 is 56.5 Å². The van der Waals surface area contributed by atoms with Gasteiger partial charge in [-0.15, -0.1) is 0 Å². The Morgan fingerprint density at radius 1 is 1.64 bits per heavy atom. The average molecular weight is 185 g/mol. The summed E-state index contributed by atoms with van der Waals surface area (Å²) in [5.74, 6) is -1.08. The van der Waals surface area contributed by atoms with Crippen LogP contribution in [0.5, 0.6) is 0 Å². The Kier molecular flexibility index (Phi) is 20.4. The minimum atomic E-state index is -1.08. The smallest absolute Gasteiger partial charge is 0.550 e. The van der Waals surface area contributed by atoms with E-state index in [0.29, 0.717) is 0 Å². The summed E-state index contributed by atoms with van der Waals surface area (Å²) in [5, 5.41) is 8.89. The molecule has 58 valence electrons. The van der Waals surface area contributed by atoms with E-state index < -0.39 is 5.97 Å². The van der Waals surface area contributed by atoms with Gasteiger partial charge in [-0.1, -0.05) is 0 Å². The number of carboxylic acid groups (broad SMARTS) is 1. The van der Waals surface area contributed by atoms with Gasteiger partial charge in [0.25, 0.3) is 0 Å². The molecule has 0 unspecified atom stereocenters. The summed E-state index contributed by atoms with van der Waals surface area (Å²) >= 11 is 0. The van der Waals surface area contributed by atoms with E-state index in [1.807, 2.05) is 0 Å². The van der Waals surface area contributed by atoms with Crippen molar-refractivity contribution < 1.29 is 71.2 Å². The van der Waals surface area contributed by atoms with Crippen molar-refractivity contribution in [1.82, 2.24) is 4.98 Å². The molecule has 0 saturated heterocycles. The zero-order valence-corrected chi connectivity index (χ0v) is 9.53. The van der Waals surface area contributed by atoms with Gasteiger partial charge in [-0.3, -0.25) is 0 Å². The first-order valence-electron chi connectivity index (χ1n) is 2.23. The van der Waals surface area contributed by atoms with Crippen LogP contribution in [0.3, 0.4) is 0 Å². The fourth-order valence-electron chi connectivity index (χ4n) is 0.176. The number of carbonyl (C=O) groups excluding carboxylic acids is 1. The number of nitrogens with zero attached hydrogens (tertiary/aromatic N) is 1. The third-order valence-corrected chi connectivity index (χ3v) is 0.347. The third kappa shape index (κ3) is 25.3. The van der Waals surface area contributed by atoms with Gasteiger partial charge in [0, 0.05) is 5.97 Å². The minimum absolute atomic E-state index is 0.